The van der Waals surface area contributed by atoms with Crippen LogP contribution in [0, 0.1) is 19.8 Å². The second kappa shape index (κ2) is 8.29. The number of likely N-dealkylation sites (tertiary alicyclic amines) is 1. The van der Waals surface area contributed by atoms with E-state index in [2.05, 4.69) is 6.92 Å². The van der Waals surface area contributed by atoms with Gasteiger partial charge in [-0.25, -0.2) is 8.42 Å². The van der Waals surface area contributed by atoms with Crippen molar-refractivity contribution < 1.29 is 18.1 Å². The van der Waals surface area contributed by atoms with E-state index in [-0.39, 0.29) is 5.91 Å². The van der Waals surface area contributed by atoms with Crippen molar-refractivity contribution in [2.45, 2.75) is 38.5 Å². The van der Waals surface area contributed by atoms with Crippen LogP contribution in [-0.2, 0) is 14.8 Å². The molecule has 2 fully saturated rings. The molecule has 1 amide bonds. The van der Waals surface area contributed by atoms with Gasteiger partial charge in [-0.15, -0.1) is 0 Å². The number of amides is 1. The van der Waals surface area contributed by atoms with Gasteiger partial charge in [0.2, 0.25) is 10.0 Å². The maximum Gasteiger partial charge on any atom is 0.277 e. The first-order chi connectivity index (χ1) is 12.8. The first-order valence-electron chi connectivity index (χ1n) is 9.96. The number of quaternary nitrogens is 1. The minimum Gasteiger partial charge on any atom is -0.338 e. The van der Waals surface area contributed by atoms with Crippen LogP contribution in [0.25, 0.3) is 0 Å². The van der Waals surface area contributed by atoms with Crippen molar-refractivity contribution in [3.8, 4) is 0 Å². The van der Waals surface area contributed by atoms with Gasteiger partial charge in [-0.3, -0.25) is 4.79 Å². The normalized spacial score (nSPS) is 22.8. The number of piperidine rings is 1. The minimum absolute atomic E-state index is 0.210. The fraction of sp³-hybridized carbons (Fsp3) is 0.650. The van der Waals surface area contributed by atoms with Crippen molar-refractivity contribution in [3.63, 3.8) is 0 Å². The van der Waals surface area contributed by atoms with Crippen molar-refractivity contribution in [3.05, 3.63) is 29.3 Å². The molecule has 2 aliphatic rings. The van der Waals surface area contributed by atoms with Gasteiger partial charge < -0.3 is 9.80 Å². The zero-order valence-electron chi connectivity index (χ0n) is 16.7. The summed E-state index contributed by atoms with van der Waals surface area (Å²) in [5.74, 6) is 0.791. The van der Waals surface area contributed by atoms with Gasteiger partial charge in [-0.1, -0.05) is 13.0 Å². The molecule has 0 spiro atoms. The molecule has 150 valence electrons. The van der Waals surface area contributed by atoms with E-state index in [1.165, 1.54) is 11.3 Å². The Morgan fingerprint density at radius 2 is 1.85 bits per heavy atom. The lowest BCUT2D eigenvalue weighted by molar-refractivity contribution is -0.896. The van der Waals surface area contributed by atoms with Crippen LogP contribution in [0.2, 0.25) is 0 Å². The Balaban J connectivity index is 1.56. The van der Waals surface area contributed by atoms with Crippen molar-refractivity contribution in [2.75, 3.05) is 45.8 Å². The van der Waals surface area contributed by atoms with Gasteiger partial charge in [0.15, 0.2) is 6.54 Å². The van der Waals surface area contributed by atoms with E-state index >= 15 is 0 Å². The van der Waals surface area contributed by atoms with Crippen LogP contribution in [-0.4, -0.2) is 69.3 Å². The van der Waals surface area contributed by atoms with Gasteiger partial charge in [-0.05, 0) is 55.9 Å². The zero-order valence-corrected chi connectivity index (χ0v) is 17.5. The van der Waals surface area contributed by atoms with Crippen molar-refractivity contribution in [1.82, 2.24) is 9.21 Å². The summed E-state index contributed by atoms with van der Waals surface area (Å²) in [5, 5.41) is 0. The molecule has 0 unspecified atom stereocenters. The predicted molar refractivity (Wildman–Crippen MR) is 105 cm³/mol. The Bertz CT molecular complexity index is 786. The van der Waals surface area contributed by atoms with Gasteiger partial charge in [0, 0.05) is 13.1 Å². The van der Waals surface area contributed by atoms with Crippen LogP contribution in [0.5, 0.6) is 0 Å². The van der Waals surface area contributed by atoms with Gasteiger partial charge >= 0.3 is 0 Å². The standard InChI is InChI=1S/C20H31N3O3S/c1-16-5-4-8-22(14-16)20(24)15-21-9-11-23(12-10-21)27(25,26)19-7-6-17(2)18(3)13-19/h6-7,13,16H,4-5,8-12,14-15H2,1-3H3/p+1/t16-/m1/s1. The number of piperazine rings is 1. The second-order valence-electron chi connectivity index (χ2n) is 8.16. The largest absolute Gasteiger partial charge is 0.338 e. The van der Waals surface area contributed by atoms with E-state index in [4.69, 9.17) is 0 Å². The lowest BCUT2D eigenvalue weighted by Gasteiger charge is -2.34. The number of hydrogen-bond donors (Lipinski definition) is 1. The van der Waals surface area contributed by atoms with Crippen LogP contribution in [0.4, 0.5) is 0 Å². The molecule has 2 saturated heterocycles. The number of carbonyl (C=O) groups is 1. The third kappa shape index (κ3) is 4.70. The van der Waals surface area contributed by atoms with Crippen LogP contribution in [0.3, 0.4) is 0 Å². The van der Waals surface area contributed by atoms with Gasteiger partial charge in [-0.2, -0.15) is 4.31 Å². The highest BCUT2D eigenvalue weighted by molar-refractivity contribution is 7.89. The molecule has 1 N–H and O–H groups in total. The first kappa shape index (κ1) is 20.3. The van der Waals surface area contributed by atoms with E-state index in [9.17, 15) is 13.2 Å². The van der Waals surface area contributed by atoms with Crippen LogP contribution >= 0.6 is 0 Å². The molecule has 0 radical (unpaired) electrons. The van der Waals surface area contributed by atoms with Crippen LogP contribution in [0.15, 0.2) is 23.1 Å². The van der Waals surface area contributed by atoms with Crippen molar-refractivity contribution >= 4 is 15.9 Å². The van der Waals surface area contributed by atoms with Gasteiger partial charge in [0.1, 0.15) is 0 Å². The molecule has 0 saturated carbocycles. The number of nitrogens with one attached hydrogen (secondary N) is 1. The third-order valence-electron chi connectivity index (χ3n) is 5.96. The van der Waals surface area contributed by atoms with E-state index in [1.54, 1.807) is 16.4 Å². The maximum absolute atomic E-state index is 12.9. The Morgan fingerprint density at radius 3 is 2.48 bits per heavy atom. The average molecular weight is 395 g/mol. The number of nitrogens with zero attached hydrogens (tertiary/aromatic N) is 2. The van der Waals surface area contributed by atoms with Crippen molar-refractivity contribution in [1.29, 1.82) is 0 Å². The zero-order chi connectivity index (χ0) is 19.6. The van der Waals surface area contributed by atoms with Gasteiger partial charge in [0.25, 0.3) is 5.91 Å². The number of aryl methyl sites for hydroxylation is 2. The second-order valence-corrected chi connectivity index (χ2v) is 10.1. The molecule has 0 aliphatic carbocycles. The molecular weight excluding hydrogens is 362 g/mol. The summed E-state index contributed by atoms with van der Waals surface area (Å²) in [6, 6.07) is 5.31. The lowest BCUT2D eigenvalue weighted by Crippen LogP contribution is -3.15. The fourth-order valence-electron chi connectivity index (χ4n) is 3.98. The van der Waals surface area contributed by atoms with E-state index < -0.39 is 10.0 Å². The molecule has 1 aromatic carbocycles. The molecule has 1 atom stereocenters. The van der Waals surface area contributed by atoms with Crippen molar-refractivity contribution in [2.24, 2.45) is 5.92 Å². The molecule has 6 nitrogen and oxygen atoms in total. The molecule has 1 aromatic rings. The molecular formula is C20H32N3O3S+. The fourth-order valence-corrected chi connectivity index (χ4v) is 5.51. The topological polar surface area (TPSA) is 62.1 Å². The van der Waals surface area contributed by atoms with E-state index in [0.717, 1.165) is 30.6 Å². The number of hydrogen-bond acceptors (Lipinski definition) is 3. The SMILES string of the molecule is Cc1ccc(S(=O)(=O)N2CC[NH+](CC(=O)N3CCC[C@@H](C)C3)CC2)cc1C. The third-order valence-corrected chi connectivity index (χ3v) is 7.85. The molecule has 0 aromatic heterocycles. The molecule has 0 bridgehead atoms. The predicted octanol–water partition coefficient (Wildman–Crippen LogP) is 0.451. The smallest absolute Gasteiger partial charge is 0.277 e. The highest BCUT2D eigenvalue weighted by Crippen LogP contribution is 2.19. The number of sulfonamides is 1. The van der Waals surface area contributed by atoms with E-state index in [0.29, 0.717) is 43.5 Å². The summed E-state index contributed by atoms with van der Waals surface area (Å²) >= 11 is 0. The number of rotatable bonds is 4. The quantitative estimate of drug-likeness (QED) is 0.807. The Kier molecular flexibility index (Phi) is 6.23. The lowest BCUT2D eigenvalue weighted by atomic mass is 10.0. The molecule has 3 rings (SSSR count). The minimum atomic E-state index is -3.46. The molecule has 7 heteroatoms. The number of carbonyl (C=O) groups excluding carboxylic acids is 1. The summed E-state index contributed by atoms with van der Waals surface area (Å²) in [5.41, 5.74) is 2.08. The highest BCUT2D eigenvalue weighted by Gasteiger charge is 2.32. The van der Waals surface area contributed by atoms with Crippen LogP contribution in [0.1, 0.15) is 30.9 Å². The first-order valence-corrected chi connectivity index (χ1v) is 11.4. The molecule has 27 heavy (non-hydrogen) atoms. The Morgan fingerprint density at radius 1 is 1.15 bits per heavy atom. The highest BCUT2D eigenvalue weighted by atomic mass is 32.2. The summed E-state index contributed by atoms with van der Waals surface area (Å²) in [6.07, 6.45) is 2.29. The molecule has 2 heterocycles. The van der Waals surface area contributed by atoms with Gasteiger partial charge in [0.05, 0.1) is 31.1 Å². The summed E-state index contributed by atoms with van der Waals surface area (Å²) < 4.78 is 27.4. The molecule has 2 aliphatic heterocycles. The number of benzene rings is 1. The summed E-state index contributed by atoms with van der Waals surface area (Å²) in [4.78, 5) is 16.1. The van der Waals surface area contributed by atoms with Crippen LogP contribution < -0.4 is 4.90 Å². The Labute approximate surface area is 163 Å². The monoisotopic (exact) mass is 394 g/mol. The Hall–Kier alpha value is -1.44. The summed E-state index contributed by atoms with van der Waals surface area (Å²) in [6.45, 7) is 10.6. The maximum atomic E-state index is 12.9. The summed E-state index contributed by atoms with van der Waals surface area (Å²) in [7, 11) is -3.46. The van der Waals surface area contributed by atoms with E-state index in [1.807, 2.05) is 24.8 Å². The average Bonchev–Trinajstić information content (AvgIpc) is 2.64.